The van der Waals surface area contributed by atoms with Gasteiger partial charge in [-0.05, 0) is 43.9 Å². The second-order valence-electron chi connectivity index (χ2n) is 10.9. The van der Waals surface area contributed by atoms with E-state index in [1.165, 1.54) is 21.6 Å². The van der Waals surface area contributed by atoms with Gasteiger partial charge in [0.2, 0.25) is 11.7 Å². The van der Waals surface area contributed by atoms with E-state index >= 15 is 0 Å². The Kier molecular flexibility index (Phi) is 9.84. The van der Waals surface area contributed by atoms with Gasteiger partial charge in [-0.2, -0.15) is 13.2 Å². The van der Waals surface area contributed by atoms with Gasteiger partial charge in [-0.15, -0.1) is 11.8 Å². The summed E-state index contributed by atoms with van der Waals surface area (Å²) in [5.41, 5.74) is 0.431. The number of alkyl halides is 3. The molecule has 3 unspecified atom stereocenters. The van der Waals surface area contributed by atoms with E-state index in [9.17, 15) is 37.5 Å². The van der Waals surface area contributed by atoms with E-state index in [2.05, 4.69) is 15.6 Å². The van der Waals surface area contributed by atoms with Crippen LogP contribution in [0.15, 0.2) is 65.6 Å². The summed E-state index contributed by atoms with van der Waals surface area (Å²) in [6, 6.07) is 13.8. The normalized spacial score (nSPS) is 17.5. The SMILES string of the molecule is Cc1ccccc1CNC(=O)C1N(C(=O)C(O)C(Cc2ccccc2)NC(=O)c2cnc(C(F)(F)F)[nH]c2=O)CSC1(C)C. The predicted octanol–water partition coefficient (Wildman–Crippen LogP) is 2.80. The van der Waals surface area contributed by atoms with Gasteiger partial charge in [0, 0.05) is 17.5 Å². The van der Waals surface area contributed by atoms with E-state index in [0.717, 1.165) is 11.1 Å². The number of aliphatic hydroxyl groups excluding tert-OH is 1. The molecule has 0 bridgehead atoms. The minimum atomic E-state index is -4.93. The van der Waals surface area contributed by atoms with Crippen molar-refractivity contribution in [3.8, 4) is 0 Å². The number of hydrogen-bond acceptors (Lipinski definition) is 7. The lowest BCUT2D eigenvalue weighted by atomic mass is 9.97. The first-order chi connectivity index (χ1) is 20.7. The molecule has 10 nitrogen and oxygen atoms in total. The predicted molar refractivity (Wildman–Crippen MR) is 157 cm³/mol. The van der Waals surface area contributed by atoms with Gasteiger partial charge in [0.25, 0.3) is 17.4 Å². The van der Waals surface area contributed by atoms with Gasteiger partial charge in [-0.1, -0.05) is 54.6 Å². The van der Waals surface area contributed by atoms with Crippen molar-refractivity contribution in [1.82, 2.24) is 25.5 Å². The average Bonchev–Trinajstić information content (AvgIpc) is 3.30. The van der Waals surface area contributed by atoms with Crippen molar-refractivity contribution in [1.29, 1.82) is 0 Å². The zero-order valence-electron chi connectivity index (χ0n) is 24.1. The highest BCUT2D eigenvalue weighted by Crippen LogP contribution is 2.40. The quantitative estimate of drug-likeness (QED) is 0.284. The lowest BCUT2D eigenvalue weighted by Gasteiger charge is -2.33. The van der Waals surface area contributed by atoms with Crippen molar-refractivity contribution in [3.05, 3.63) is 99.2 Å². The van der Waals surface area contributed by atoms with Crippen LogP contribution in [0.4, 0.5) is 13.2 Å². The molecule has 44 heavy (non-hydrogen) atoms. The number of halogens is 3. The summed E-state index contributed by atoms with van der Waals surface area (Å²) in [4.78, 5) is 58.5. The van der Waals surface area contributed by atoms with Crippen LogP contribution >= 0.6 is 11.8 Å². The maximum absolute atomic E-state index is 13.8. The number of aromatic amines is 1. The number of thioether (sulfide) groups is 1. The summed E-state index contributed by atoms with van der Waals surface area (Å²) >= 11 is 1.35. The standard InChI is InChI=1S/C30H32F3N5O5S/c1-17-9-7-8-12-19(17)14-34-26(42)23-29(2,3)44-16-38(23)27(43)22(39)21(13-18-10-5-4-6-11-18)36-24(40)20-15-35-28(30(31,32)33)37-25(20)41/h4-12,15,21-23,39H,13-14,16H2,1-3H3,(H,34,42)(H,36,40)(H,35,37,41). The molecular weight excluding hydrogens is 599 g/mol. The zero-order chi connectivity index (χ0) is 32.2. The molecule has 0 aliphatic carbocycles. The molecular formula is C30H32F3N5O5S. The van der Waals surface area contributed by atoms with Crippen LogP contribution in [0.2, 0.25) is 0 Å². The maximum Gasteiger partial charge on any atom is 0.449 e. The fourth-order valence-electron chi connectivity index (χ4n) is 4.90. The van der Waals surface area contributed by atoms with Gasteiger partial charge in [-0.3, -0.25) is 19.2 Å². The number of hydrogen-bond donors (Lipinski definition) is 4. The largest absolute Gasteiger partial charge is 0.449 e. The van der Waals surface area contributed by atoms with Crippen molar-refractivity contribution in [2.45, 2.75) is 62.8 Å². The number of aliphatic hydroxyl groups is 1. The molecule has 3 amide bonds. The third-order valence-corrected chi connectivity index (χ3v) is 8.73. The highest BCUT2D eigenvalue weighted by molar-refractivity contribution is 8.00. The molecule has 3 atom stereocenters. The van der Waals surface area contributed by atoms with Crippen LogP contribution in [0.1, 0.15) is 46.7 Å². The summed E-state index contributed by atoms with van der Waals surface area (Å²) in [6.45, 7) is 5.76. The van der Waals surface area contributed by atoms with Crippen LogP contribution < -0.4 is 16.2 Å². The van der Waals surface area contributed by atoms with E-state index in [-0.39, 0.29) is 18.8 Å². The van der Waals surface area contributed by atoms with E-state index in [4.69, 9.17) is 0 Å². The average molecular weight is 632 g/mol. The molecule has 1 aliphatic heterocycles. The number of carbonyl (C=O) groups excluding carboxylic acids is 3. The van der Waals surface area contributed by atoms with Gasteiger partial charge in [-0.25, -0.2) is 4.98 Å². The molecule has 0 radical (unpaired) electrons. The van der Waals surface area contributed by atoms with Crippen LogP contribution in [-0.4, -0.2) is 66.5 Å². The Bertz CT molecular complexity index is 1580. The number of aromatic nitrogens is 2. The molecule has 0 saturated carbocycles. The second kappa shape index (κ2) is 13.2. The molecule has 0 spiro atoms. The van der Waals surface area contributed by atoms with Crippen LogP contribution in [0.25, 0.3) is 0 Å². The molecule has 2 heterocycles. The van der Waals surface area contributed by atoms with Crippen LogP contribution in [0, 0.1) is 6.92 Å². The summed E-state index contributed by atoms with van der Waals surface area (Å²) < 4.78 is 38.1. The fraction of sp³-hybridized carbons (Fsp3) is 0.367. The fourth-order valence-corrected chi connectivity index (χ4v) is 6.04. The Morgan fingerprint density at radius 1 is 1.14 bits per heavy atom. The van der Waals surface area contributed by atoms with E-state index in [1.807, 2.05) is 45.0 Å². The summed E-state index contributed by atoms with van der Waals surface area (Å²) in [6.07, 6.45) is -6.39. The molecule has 1 aromatic heterocycles. The Balaban J connectivity index is 1.57. The number of carbonyl (C=O) groups is 3. The van der Waals surface area contributed by atoms with E-state index < -0.39 is 63.8 Å². The van der Waals surface area contributed by atoms with E-state index in [1.54, 1.807) is 30.3 Å². The first kappa shape index (κ1) is 32.7. The topological polar surface area (TPSA) is 144 Å². The number of aryl methyl sites for hydroxylation is 1. The molecule has 234 valence electrons. The van der Waals surface area contributed by atoms with Crippen LogP contribution in [0.5, 0.6) is 0 Å². The highest BCUT2D eigenvalue weighted by atomic mass is 32.2. The monoisotopic (exact) mass is 631 g/mol. The van der Waals surface area contributed by atoms with Crippen LogP contribution in [0.3, 0.4) is 0 Å². The van der Waals surface area contributed by atoms with Crippen molar-refractivity contribution in [3.63, 3.8) is 0 Å². The maximum atomic E-state index is 13.8. The molecule has 4 N–H and O–H groups in total. The van der Waals surface area contributed by atoms with Crippen molar-refractivity contribution in [2.75, 3.05) is 5.88 Å². The Hall–Kier alpha value is -4.17. The molecule has 14 heteroatoms. The number of nitrogens with zero attached hydrogens (tertiary/aromatic N) is 2. The molecule has 3 aromatic rings. The zero-order valence-corrected chi connectivity index (χ0v) is 25.0. The Morgan fingerprint density at radius 3 is 2.43 bits per heavy atom. The van der Waals surface area contributed by atoms with Gasteiger partial charge in [0.1, 0.15) is 11.6 Å². The summed E-state index contributed by atoms with van der Waals surface area (Å²) in [5, 5.41) is 16.6. The van der Waals surface area contributed by atoms with Crippen molar-refractivity contribution >= 4 is 29.5 Å². The number of nitrogens with one attached hydrogen (secondary N) is 3. The minimum Gasteiger partial charge on any atom is -0.381 e. The van der Waals surface area contributed by atoms with E-state index in [0.29, 0.717) is 11.8 Å². The molecule has 4 rings (SSSR count). The summed E-state index contributed by atoms with van der Waals surface area (Å²) in [7, 11) is 0. The van der Waals surface area contributed by atoms with Crippen LogP contribution in [-0.2, 0) is 28.7 Å². The molecule has 2 aromatic carbocycles. The van der Waals surface area contributed by atoms with Gasteiger partial charge in [0.05, 0.1) is 11.9 Å². The van der Waals surface area contributed by atoms with Crippen molar-refractivity contribution in [2.24, 2.45) is 0 Å². The lowest BCUT2D eigenvalue weighted by Crippen LogP contribution is -2.58. The smallest absolute Gasteiger partial charge is 0.381 e. The number of benzene rings is 2. The minimum absolute atomic E-state index is 0.0695. The number of amides is 3. The summed E-state index contributed by atoms with van der Waals surface area (Å²) in [5.74, 6) is -3.88. The van der Waals surface area contributed by atoms with Crippen molar-refractivity contribution < 1.29 is 32.7 Å². The number of H-pyrrole nitrogens is 1. The van der Waals surface area contributed by atoms with Gasteiger partial charge >= 0.3 is 6.18 Å². The Morgan fingerprint density at radius 2 is 1.80 bits per heavy atom. The third-order valence-electron chi connectivity index (χ3n) is 7.35. The lowest BCUT2D eigenvalue weighted by molar-refractivity contribution is -0.147. The molecule has 1 aliphatic rings. The number of rotatable bonds is 9. The molecule has 1 fully saturated rings. The first-order valence-electron chi connectivity index (χ1n) is 13.6. The second-order valence-corrected chi connectivity index (χ2v) is 12.5. The first-order valence-corrected chi connectivity index (χ1v) is 14.6. The van der Waals surface area contributed by atoms with Gasteiger partial charge in [0.15, 0.2) is 6.10 Å². The Labute approximate surface area is 255 Å². The molecule has 1 saturated heterocycles. The van der Waals surface area contributed by atoms with Gasteiger partial charge < -0.3 is 25.6 Å². The third kappa shape index (κ3) is 7.48. The highest BCUT2D eigenvalue weighted by Gasteiger charge is 2.49.